The van der Waals surface area contributed by atoms with Gasteiger partial charge in [-0.3, -0.25) is 0 Å². The Morgan fingerprint density at radius 2 is 1.28 bits per heavy atom. The van der Waals surface area contributed by atoms with E-state index in [0.29, 0.717) is 0 Å². The van der Waals surface area contributed by atoms with Crippen LogP contribution in [0.4, 0.5) is 0 Å². The average Bonchev–Trinajstić information content (AvgIpc) is 3.30. The van der Waals surface area contributed by atoms with Crippen LogP contribution in [-0.2, 0) is 9.31 Å². The number of hydrogen-bond acceptors (Lipinski definition) is 3. The molecule has 0 spiro atoms. The van der Waals surface area contributed by atoms with Gasteiger partial charge in [-0.25, -0.2) is 0 Å². The lowest BCUT2D eigenvalue weighted by Crippen LogP contribution is -2.41. The van der Waals surface area contributed by atoms with Crippen LogP contribution in [0.25, 0.3) is 43.8 Å². The minimum absolute atomic E-state index is 0.363. The van der Waals surface area contributed by atoms with Crippen LogP contribution in [0.15, 0.2) is 83.3 Å². The van der Waals surface area contributed by atoms with Crippen molar-refractivity contribution in [3.05, 3.63) is 78.9 Å². The molecular weight excluding hydrogens is 395 g/mol. The normalized spacial score (nSPS) is 17.6. The standard InChI is InChI=1S/C28H25BO3/c1-27(2)28(3,4)32-29(31-27)20-13-14-25-19(15-20)17-26(30-25)24-16-18-9-5-6-10-21(18)22-11-7-8-12-23(22)24/h5-17H,1-4H3. The molecule has 1 fully saturated rings. The molecule has 1 aromatic heterocycles. The molecule has 0 aliphatic carbocycles. The van der Waals surface area contributed by atoms with Crippen molar-refractivity contribution in [1.82, 2.24) is 0 Å². The molecule has 1 aliphatic rings. The van der Waals surface area contributed by atoms with Crippen molar-refractivity contribution >= 4 is 45.1 Å². The highest BCUT2D eigenvalue weighted by Crippen LogP contribution is 2.38. The Morgan fingerprint density at radius 3 is 2.03 bits per heavy atom. The van der Waals surface area contributed by atoms with Gasteiger partial charge in [-0.2, -0.15) is 0 Å². The van der Waals surface area contributed by atoms with E-state index in [1.807, 2.05) is 12.1 Å². The Kier molecular flexibility index (Phi) is 4.11. The van der Waals surface area contributed by atoms with E-state index in [0.717, 1.165) is 27.8 Å². The minimum Gasteiger partial charge on any atom is -0.456 e. The molecule has 5 aromatic rings. The molecule has 0 radical (unpaired) electrons. The van der Waals surface area contributed by atoms with Crippen molar-refractivity contribution in [1.29, 1.82) is 0 Å². The molecule has 32 heavy (non-hydrogen) atoms. The molecular formula is C28H25BO3. The molecule has 0 bridgehead atoms. The summed E-state index contributed by atoms with van der Waals surface area (Å²) in [7, 11) is -0.385. The first-order valence-electron chi connectivity index (χ1n) is 11.1. The van der Waals surface area contributed by atoms with E-state index in [-0.39, 0.29) is 18.3 Å². The van der Waals surface area contributed by atoms with Gasteiger partial charge in [-0.15, -0.1) is 0 Å². The van der Waals surface area contributed by atoms with Gasteiger partial charge in [0.2, 0.25) is 0 Å². The number of furan rings is 1. The zero-order valence-electron chi connectivity index (χ0n) is 18.8. The van der Waals surface area contributed by atoms with Gasteiger partial charge in [-0.05, 0) is 72.9 Å². The van der Waals surface area contributed by atoms with Crippen molar-refractivity contribution in [2.45, 2.75) is 38.9 Å². The summed E-state index contributed by atoms with van der Waals surface area (Å²) in [4.78, 5) is 0. The molecule has 1 saturated heterocycles. The van der Waals surface area contributed by atoms with Gasteiger partial charge in [-0.1, -0.05) is 60.7 Å². The quantitative estimate of drug-likeness (QED) is 0.235. The van der Waals surface area contributed by atoms with Gasteiger partial charge in [0.05, 0.1) is 11.2 Å². The lowest BCUT2D eigenvalue weighted by Gasteiger charge is -2.32. The van der Waals surface area contributed by atoms with Gasteiger partial charge in [0.15, 0.2) is 0 Å². The van der Waals surface area contributed by atoms with Crippen molar-refractivity contribution in [2.75, 3.05) is 0 Å². The summed E-state index contributed by atoms with van der Waals surface area (Å²) in [6.45, 7) is 8.30. The van der Waals surface area contributed by atoms with Crippen molar-refractivity contribution < 1.29 is 13.7 Å². The van der Waals surface area contributed by atoms with Gasteiger partial charge in [0, 0.05) is 10.9 Å². The second kappa shape index (κ2) is 6.71. The maximum atomic E-state index is 6.33. The second-order valence-electron chi connectivity index (χ2n) is 9.69. The Balaban J connectivity index is 1.48. The average molecular weight is 420 g/mol. The third-order valence-electron chi connectivity index (χ3n) is 7.10. The molecule has 3 nitrogen and oxygen atoms in total. The Hall–Kier alpha value is -3.08. The summed E-state index contributed by atoms with van der Waals surface area (Å²) in [5.74, 6) is 0.869. The van der Waals surface area contributed by atoms with Crippen molar-refractivity contribution in [2.24, 2.45) is 0 Å². The summed E-state index contributed by atoms with van der Waals surface area (Å²) in [6, 6.07) is 27.6. The molecule has 4 aromatic carbocycles. The van der Waals surface area contributed by atoms with E-state index in [4.69, 9.17) is 13.7 Å². The van der Waals surface area contributed by atoms with E-state index in [2.05, 4.69) is 94.4 Å². The Morgan fingerprint density at radius 1 is 0.625 bits per heavy atom. The summed E-state index contributed by atoms with van der Waals surface area (Å²) >= 11 is 0. The highest BCUT2D eigenvalue weighted by molar-refractivity contribution is 6.62. The highest BCUT2D eigenvalue weighted by Gasteiger charge is 2.51. The molecule has 0 saturated carbocycles. The van der Waals surface area contributed by atoms with E-state index in [9.17, 15) is 0 Å². The minimum atomic E-state index is -0.385. The van der Waals surface area contributed by atoms with E-state index >= 15 is 0 Å². The van der Waals surface area contributed by atoms with Crippen LogP contribution in [0, 0.1) is 0 Å². The van der Waals surface area contributed by atoms with Crippen LogP contribution in [0.1, 0.15) is 27.7 Å². The maximum Gasteiger partial charge on any atom is 0.494 e. The van der Waals surface area contributed by atoms with Gasteiger partial charge < -0.3 is 13.7 Å². The zero-order chi connectivity index (χ0) is 22.1. The smallest absolute Gasteiger partial charge is 0.456 e. The van der Waals surface area contributed by atoms with Crippen LogP contribution in [0.2, 0.25) is 0 Å². The van der Waals surface area contributed by atoms with Crippen LogP contribution in [-0.4, -0.2) is 18.3 Å². The highest BCUT2D eigenvalue weighted by atomic mass is 16.7. The fraction of sp³-hybridized carbons (Fsp3) is 0.214. The number of hydrogen-bond donors (Lipinski definition) is 0. The van der Waals surface area contributed by atoms with E-state index in [1.165, 1.54) is 21.5 Å². The molecule has 0 atom stereocenters. The number of fused-ring (bicyclic) bond motifs is 4. The summed E-state index contributed by atoms with van der Waals surface area (Å²) < 4.78 is 18.8. The number of benzene rings is 4. The largest absolute Gasteiger partial charge is 0.494 e. The fourth-order valence-corrected chi connectivity index (χ4v) is 4.58. The molecule has 0 amide bonds. The molecule has 0 N–H and O–H groups in total. The Bertz CT molecular complexity index is 1480. The Labute approximate surface area is 188 Å². The molecule has 0 unspecified atom stereocenters. The first-order valence-corrected chi connectivity index (χ1v) is 11.1. The molecule has 4 heteroatoms. The third-order valence-corrected chi connectivity index (χ3v) is 7.10. The van der Waals surface area contributed by atoms with E-state index in [1.54, 1.807) is 0 Å². The SMILES string of the molecule is CC1(C)OB(c2ccc3oc(-c4cc5ccccc5c5ccccc45)cc3c2)OC1(C)C. The predicted octanol–water partition coefficient (Wildman–Crippen LogP) is 6.71. The predicted molar refractivity (Wildman–Crippen MR) is 132 cm³/mol. The van der Waals surface area contributed by atoms with Crippen LogP contribution >= 0.6 is 0 Å². The molecule has 6 rings (SSSR count). The summed E-state index contributed by atoms with van der Waals surface area (Å²) in [5, 5.41) is 5.94. The van der Waals surface area contributed by atoms with Gasteiger partial charge in [0.25, 0.3) is 0 Å². The van der Waals surface area contributed by atoms with Crippen LogP contribution < -0.4 is 5.46 Å². The van der Waals surface area contributed by atoms with Gasteiger partial charge >= 0.3 is 7.12 Å². The van der Waals surface area contributed by atoms with Crippen LogP contribution in [0.3, 0.4) is 0 Å². The number of rotatable bonds is 2. The topological polar surface area (TPSA) is 31.6 Å². The van der Waals surface area contributed by atoms with Crippen molar-refractivity contribution in [3.63, 3.8) is 0 Å². The van der Waals surface area contributed by atoms with Crippen LogP contribution in [0.5, 0.6) is 0 Å². The zero-order valence-corrected chi connectivity index (χ0v) is 18.8. The third kappa shape index (κ3) is 2.91. The molecule has 2 heterocycles. The van der Waals surface area contributed by atoms with Crippen molar-refractivity contribution in [3.8, 4) is 11.3 Å². The molecule has 1 aliphatic heterocycles. The first kappa shape index (κ1) is 19.6. The van der Waals surface area contributed by atoms with E-state index < -0.39 is 0 Å². The lowest BCUT2D eigenvalue weighted by molar-refractivity contribution is 0.00578. The lowest BCUT2D eigenvalue weighted by atomic mass is 9.79. The summed E-state index contributed by atoms with van der Waals surface area (Å²) in [6.07, 6.45) is 0. The van der Waals surface area contributed by atoms with Gasteiger partial charge in [0.1, 0.15) is 11.3 Å². The first-order chi connectivity index (χ1) is 15.3. The fourth-order valence-electron chi connectivity index (χ4n) is 4.58. The summed E-state index contributed by atoms with van der Waals surface area (Å²) in [5.41, 5.74) is 2.24. The molecule has 158 valence electrons. The second-order valence-corrected chi connectivity index (χ2v) is 9.69. The monoisotopic (exact) mass is 420 g/mol. The maximum absolute atomic E-state index is 6.33.